The number of hydrogen-bond acceptors (Lipinski definition) is 9. The van der Waals surface area contributed by atoms with Crippen molar-refractivity contribution in [1.82, 2.24) is 9.62 Å². The van der Waals surface area contributed by atoms with Crippen LogP contribution in [-0.4, -0.2) is 80.0 Å². The fourth-order valence-corrected chi connectivity index (χ4v) is 7.05. The molecule has 4 rings (SSSR count). The molecule has 0 spiro atoms. The summed E-state index contributed by atoms with van der Waals surface area (Å²) in [5, 5.41) is 1.58. The highest BCUT2D eigenvalue weighted by Crippen LogP contribution is 2.53. The van der Waals surface area contributed by atoms with Gasteiger partial charge in [-0.05, 0) is 30.9 Å². The van der Waals surface area contributed by atoms with Gasteiger partial charge < -0.3 is 14.8 Å². The Hall–Kier alpha value is -2.44. The Morgan fingerprint density at radius 3 is 2.37 bits per heavy atom. The van der Waals surface area contributed by atoms with Gasteiger partial charge in [-0.25, -0.2) is 13.2 Å². The molecular weight excluding hydrogens is 496 g/mol. The standard InChI is InChI=1S/C23H28N2O8S2/c1-34-13-18(26)24-8-9-32-10-11-33-23(29)14-4-6-17(7-5-14)35(30,31)25-21(27)19-15-2-3-16(12-15)20(19)22(25)28/h2-6,15-17,19-20H,7-13H2,1H3,(H,24,26). The first kappa shape index (κ1) is 25.6. The number of fused-ring (bicyclic) bond motifs is 5. The van der Waals surface area contributed by atoms with E-state index in [9.17, 15) is 27.6 Å². The van der Waals surface area contributed by atoms with Crippen molar-refractivity contribution < 1.29 is 37.1 Å². The predicted molar refractivity (Wildman–Crippen MR) is 127 cm³/mol. The third-order valence-corrected chi connectivity index (χ3v) is 9.20. The third-order valence-electron chi connectivity index (χ3n) is 6.67. The van der Waals surface area contributed by atoms with Crippen LogP contribution in [0.15, 0.2) is 36.0 Å². The summed E-state index contributed by atoms with van der Waals surface area (Å²) in [7, 11) is -4.24. The summed E-state index contributed by atoms with van der Waals surface area (Å²) in [4.78, 5) is 49.3. The van der Waals surface area contributed by atoms with Crippen LogP contribution in [0.3, 0.4) is 0 Å². The highest BCUT2D eigenvalue weighted by atomic mass is 32.2. The van der Waals surface area contributed by atoms with Gasteiger partial charge >= 0.3 is 5.97 Å². The number of sulfonamides is 1. The van der Waals surface area contributed by atoms with Crippen LogP contribution in [0.25, 0.3) is 0 Å². The maximum absolute atomic E-state index is 13.1. The monoisotopic (exact) mass is 524 g/mol. The Balaban J connectivity index is 1.23. The Morgan fingerprint density at radius 2 is 1.77 bits per heavy atom. The molecule has 3 aliphatic carbocycles. The number of thioether (sulfide) groups is 1. The fraction of sp³-hybridized carbons (Fsp3) is 0.565. The van der Waals surface area contributed by atoms with Crippen molar-refractivity contribution in [3.05, 3.63) is 36.0 Å². The number of nitrogens with zero attached hydrogens (tertiary/aromatic N) is 1. The molecule has 1 heterocycles. The van der Waals surface area contributed by atoms with E-state index in [0.29, 0.717) is 16.6 Å². The van der Waals surface area contributed by atoms with E-state index in [0.717, 1.165) is 6.42 Å². The lowest BCUT2D eigenvalue weighted by molar-refractivity contribution is -0.140. The van der Waals surface area contributed by atoms with Crippen LogP contribution >= 0.6 is 11.8 Å². The van der Waals surface area contributed by atoms with E-state index in [1.807, 2.05) is 18.4 Å². The Kier molecular flexibility index (Phi) is 7.82. The number of hydrogen-bond donors (Lipinski definition) is 1. The highest BCUT2D eigenvalue weighted by Gasteiger charge is 2.62. The van der Waals surface area contributed by atoms with Crippen molar-refractivity contribution in [2.75, 3.05) is 38.4 Å². The van der Waals surface area contributed by atoms with Crippen LogP contribution in [0.5, 0.6) is 0 Å². The number of rotatable bonds is 11. The summed E-state index contributed by atoms with van der Waals surface area (Å²) in [6.45, 7) is 0.794. The fourth-order valence-electron chi connectivity index (χ4n) is 5.06. The average Bonchev–Trinajstić information content (AvgIpc) is 3.52. The van der Waals surface area contributed by atoms with Gasteiger partial charge in [0.15, 0.2) is 0 Å². The zero-order valence-electron chi connectivity index (χ0n) is 19.3. The quantitative estimate of drug-likeness (QED) is 0.176. The highest BCUT2D eigenvalue weighted by molar-refractivity contribution is 7.99. The summed E-state index contributed by atoms with van der Waals surface area (Å²) in [6.07, 6.45) is 10.4. The van der Waals surface area contributed by atoms with Crippen LogP contribution < -0.4 is 5.32 Å². The van der Waals surface area contributed by atoms with Crippen LogP contribution in [0.2, 0.25) is 0 Å². The SMILES string of the molecule is CSCC(=O)NCCOCCOC(=O)C1=CCC(S(=O)(=O)N2C(=O)C3C4C=CC(C4)C3C2=O)C=C1. The van der Waals surface area contributed by atoms with Crippen LogP contribution in [0.1, 0.15) is 12.8 Å². The summed E-state index contributed by atoms with van der Waals surface area (Å²) < 4.78 is 37.2. The van der Waals surface area contributed by atoms with Gasteiger partial charge in [0.1, 0.15) is 11.9 Å². The van der Waals surface area contributed by atoms with E-state index in [1.165, 1.54) is 30.0 Å². The first-order valence-electron chi connectivity index (χ1n) is 11.4. The van der Waals surface area contributed by atoms with Crippen molar-refractivity contribution in [1.29, 1.82) is 0 Å². The molecule has 0 aromatic heterocycles. The largest absolute Gasteiger partial charge is 0.460 e. The first-order valence-corrected chi connectivity index (χ1v) is 14.3. The maximum Gasteiger partial charge on any atom is 0.337 e. The molecule has 1 N–H and O–H groups in total. The molecular formula is C23H28N2O8S2. The summed E-state index contributed by atoms with van der Waals surface area (Å²) in [6, 6.07) is 0. The molecule has 2 fully saturated rings. The molecule has 1 saturated heterocycles. The van der Waals surface area contributed by atoms with E-state index < -0.39 is 44.9 Å². The lowest BCUT2D eigenvalue weighted by Gasteiger charge is -2.23. The number of imide groups is 1. The molecule has 0 aromatic rings. The second-order valence-corrected chi connectivity index (χ2v) is 11.7. The van der Waals surface area contributed by atoms with E-state index >= 15 is 0 Å². The van der Waals surface area contributed by atoms with Crippen molar-refractivity contribution in [3.8, 4) is 0 Å². The molecule has 1 saturated carbocycles. The minimum absolute atomic E-state index is 0.000423. The number of allylic oxidation sites excluding steroid dienone is 3. The number of ether oxygens (including phenoxy) is 2. The maximum atomic E-state index is 13.1. The molecule has 12 heteroatoms. The number of esters is 1. The number of carbonyl (C=O) groups excluding carboxylic acids is 4. The topological polar surface area (TPSA) is 136 Å². The molecule has 10 nitrogen and oxygen atoms in total. The molecule has 190 valence electrons. The van der Waals surface area contributed by atoms with E-state index in [1.54, 1.807) is 0 Å². The van der Waals surface area contributed by atoms with Crippen molar-refractivity contribution >= 4 is 45.5 Å². The zero-order valence-corrected chi connectivity index (χ0v) is 20.9. The second kappa shape index (κ2) is 10.7. The van der Waals surface area contributed by atoms with Gasteiger partial charge in [-0.3, -0.25) is 14.4 Å². The van der Waals surface area contributed by atoms with Crippen LogP contribution in [0, 0.1) is 23.7 Å². The Morgan fingerprint density at radius 1 is 1.09 bits per heavy atom. The minimum Gasteiger partial charge on any atom is -0.460 e. The molecule has 3 amide bonds. The summed E-state index contributed by atoms with van der Waals surface area (Å²) >= 11 is 1.42. The Labute approximate surface area is 208 Å². The van der Waals surface area contributed by atoms with Crippen LogP contribution in [0.4, 0.5) is 0 Å². The van der Waals surface area contributed by atoms with E-state index in [2.05, 4.69) is 5.32 Å². The van der Waals surface area contributed by atoms with Gasteiger partial charge in [0.05, 0.1) is 36.4 Å². The number of amides is 3. The first-order chi connectivity index (χ1) is 16.8. The minimum atomic E-state index is -4.24. The van der Waals surface area contributed by atoms with Crippen molar-refractivity contribution in [3.63, 3.8) is 0 Å². The third kappa shape index (κ3) is 5.10. The average molecular weight is 525 g/mol. The molecule has 0 radical (unpaired) electrons. The van der Waals surface area contributed by atoms with Crippen molar-refractivity contribution in [2.24, 2.45) is 23.7 Å². The zero-order chi connectivity index (χ0) is 25.2. The molecule has 4 aliphatic rings. The van der Waals surface area contributed by atoms with Gasteiger partial charge in [-0.1, -0.05) is 30.4 Å². The lowest BCUT2D eigenvalue weighted by atomic mass is 9.85. The van der Waals surface area contributed by atoms with E-state index in [4.69, 9.17) is 9.47 Å². The van der Waals surface area contributed by atoms with Crippen molar-refractivity contribution in [2.45, 2.75) is 18.1 Å². The predicted octanol–water partition coefficient (Wildman–Crippen LogP) is 0.417. The van der Waals surface area contributed by atoms with Gasteiger partial charge in [-0.2, -0.15) is 16.1 Å². The molecule has 5 unspecified atom stereocenters. The van der Waals surface area contributed by atoms with Gasteiger partial charge in [0.2, 0.25) is 17.7 Å². The summed E-state index contributed by atoms with van der Waals surface area (Å²) in [5.74, 6) is -2.92. The summed E-state index contributed by atoms with van der Waals surface area (Å²) in [5.41, 5.74) is 0.193. The molecule has 1 aliphatic heterocycles. The molecule has 0 aromatic carbocycles. The smallest absolute Gasteiger partial charge is 0.337 e. The second-order valence-electron chi connectivity index (χ2n) is 8.81. The number of carbonyl (C=O) groups is 4. The van der Waals surface area contributed by atoms with Crippen LogP contribution in [-0.2, 0) is 38.7 Å². The molecule has 2 bridgehead atoms. The molecule has 35 heavy (non-hydrogen) atoms. The molecule has 5 atom stereocenters. The Bertz CT molecular complexity index is 1070. The number of nitrogens with one attached hydrogen (secondary N) is 1. The van der Waals surface area contributed by atoms with E-state index in [-0.39, 0.29) is 49.6 Å². The van der Waals surface area contributed by atoms with Gasteiger partial charge in [0.25, 0.3) is 10.0 Å². The van der Waals surface area contributed by atoms with Gasteiger partial charge in [-0.15, -0.1) is 0 Å². The normalized spacial score (nSPS) is 28.9. The van der Waals surface area contributed by atoms with Gasteiger partial charge in [0, 0.05) is 6.54 Å². The lowest BCUT2D eigenvalue weighted by Crippen LogP contribution is -2.43.